The number of halogens is 1. The third-order valence-corrected chi connectivity index (χ3v) is 6.84. The molecule has 0 spiro atoms. The fraction of sp³-hybridized carbons (Fsp3) is 0.292. The van der Waals surface area contributed by atoms with Crippen LogP contribution < -0.4 is 4.72 Å². The molecule has 1 saturated heterocycles. The highest BCUT2D eigenvalue weighted by Gasteiger charge is 2.24. The van der Waals surface area contributed by atoms with Gasteiger partial charge in [-0.1, -0.05) is 12.1 Å². The van der Waals surface area contributed by atoms with E-state index in [0.717, 1.165) is 12.8 Å². The molecule has 7 nitrogen and oxygen atoms in total. The van der Waals surface area contributed by atoms with Gasteiger partial charge < -0.3 is 14.1 Å². The smallest absolute Gasteiger partial charge is 0.254 e. The van der Waals surface area contributed by atoms with E-state index < -0.39 is 10.0 Å². The number of carbonyl (C=O) groups is 1. The molecule has 33 heavy (non-hydrogen) atoms. The number of nitrogens with one attached hydrogen (secondary N) is 1. The number of ether oxygens (including phenoxy) is 1. The van der Waals surface area contributed by atoms with Gasteiger partial charge in [0.1, 0.15) is 11.6 Å². The number of sulfonamides is 1. The SMILES string of the molecule is O=C(c1ccc(S(=O)(=O)NCc2ccco2)cc1)N(Cc1cccc(F)c1)CC1CCCO1. The minimum absolute atomic E-state index is 0.0266. The highest BCUT2D eigenvalue weighted by molar-refractivity contribution is 7.89. The Balaban J connectivity index is 1.49. The molecule has 0 aliphatic carbocycles. The van der Waals surface area contributed by atoms with Crippen LogP contribution in [0.4, 0.5) is 4.39 Å². The zero-order valence-electron chi connectivity index (χ0n) is 17.9. The van der Waals surface area contributed by atoms with Crippen molar-refractivity contribution in [3.05, 3.63) is 89.6 Å². The largest absolute Gasteiger partial charge is 0.468 e. The molecule has 2 aromatic carbocycles. The van der Waals surface area contributed by atoms with Gasteiger partial charge in [0.05, 0.1) is 23.8 Å². The molecule has 1 atom stereocenters. The van der Waals surface area contributed by atoms with Gasteiger partial charge in [-0.15, -0.1) is 0 Å². The molecule has 1 unspecified atom stereocenters. The average Bonchev–Trinajstić information content (AvgIpc) is 3.51. The summed E-state index contributed by atoms with van der Waals surface area (Å²) in [5.74, 6) is -0.150. The van der Waals surface area contributed by atoms with E-state index in [4.69, 9.17) is 9.15 Å². The van der Waals surface area contributed by atoms with Crippen molar-refractivity contribution in [1.82, 2.24) is 9.62 Å². The molecular weight excluding hydrogens is 447 g/mol. The van der Waals surface area contributed by atoms with E-state index in [9.17, 15) is 17.6 Å². The fourth-order valence-corrected chi connectivity index (χ4v) is 4.72. The van der Waals surface area contributed by atoms with Crippen molar-refractivity contribution < 1.29 is 26.8 Å². The maximum Gasteiger partial charge on any atom is 0.254 e. The molecule has 1 N–H and O–H groups in total. The Kier molecular flexibility index (Phi) is 7.22. The quantitative estimate of drug-likeness (QED) is 0.513. The Morgan fingerprint density at radius 2 is 1.94 bits per heavy atom. The van der Waals surface area contributed by atoms with E-state index >= 15 is 0 Å². The van der Waals surface area contributed by atoms with Gasteiger partial charge in [-0.05, 0) is 66.9 Å². The van der Waals surface area contributed by atoms with Gasteiger partial charge in [-0.2, -0.15) is 0 Å². The monoisotopic (exact) mass is 472 g/mol. The maximum atomic E-state index is 13.7. The maximum absolute atomic E-state index is 13.7. The molecule has 1 fully saturated rings. The summed E-state index contributed by atoms with van der Waals surface area (Å²) in [5, 5.41) is 0. The molecule has 0 saturated carbocycles. The number of hydrogen-bond acceptors (Lipinski definition) is 5. The van der Waals surface area contributed by atoms with Crippen LogP contribution in [0.1, 0.15) is 34.5 Å². The molecule has 1 aliphatic rings. The Hall–Kier alpha value is -3.01. The van der Waals surface area contributed by atoms with E-state index in [-0.39, 0.29) is 35.8 Å². The second-order valence-electron chi connectivity index (χ2n) is 7.88. The summed E-state index contributed by atoms with van der Waals surface area (Å²) in [4.78, 5) is 14.9. The summed E-state index contributed by atoms with van der Waals surface area (Å²) >= 11 is 0. The molecule has 9 heteroatoms. The first-order valence-electron chi connectivity index (χ1n) is 10.7. The first-order valence-corrected chi connectivity index (χ1v) is 12.2. The van der Waals surface area contributed by atoms with E-state index in [1.807, 2.05) is 0 Å². The van der Waals surface area contributed by atoms with Gasteiger partial charge in [0, 0.05) is 25.3 Å². The van der Waals surface area contributed by atoms with Crippen LogP contribution in [-0.4, -0.2) is 38.5 Å². The predicted molar refractivity (Wildman–Crippen MR) is 119 cm³/mol. The Morgan fingerprint density at radius 3 is 2.61 bits per heavy atom. The number of amides is 1. The zero-order valence-corrected chi connectivity index (χ0v) is 18.8. The van der Waals surface area contributed by atoms with Gasteiger partial charge in [-0.3, -0.25) is 4.79 Å². The van der Waals surface area contributed by atoms with Crippen molar-refractivity contribution in [1.29, 1.82) is 0 Å². The van der Waals surface area contributed by atoms with Gasteiger partial charge in [-0.25, -0.2) is 17.5 Å². The van der Waals surface area contributed by atoms with E-state index in [2.05, 4.69) is 4.72 Å². The molecular formula is C24H25FN2O5S. The minimum atomic E-state index is -3.77. The van der Waals surface area contributed by atoms with Crippen LogP contribution in [0, 0.1) is 5.82 Å². The highest BCUT2D eigenvalue weighted by Crippen LogP contribution is 2.19. The Bertz CT molecular complexity index is 1170. The lowest BCUT2D eigenvalue weighted by Crippen LogP contribution is -2.37. The number of carbonyl (C=O) groups excluding carboxylic acids is 1. The first kappa shape index (κ1) is 23.2. The highest BCUT2D eigenvalue weighted by atomic mass is 32.2. The van der Waals surface area contributed by atoms with Crippen LogP contribution in [0.25, 0.3) is 0 Å². The van der Waals surface area contributed by atoms with Crippen molar-refractivity contribution in [3.8, 4) is 0 Å². The van der Waals surface area contributed by atoms with Crippen molar-refractivity contribution in [3.63, 3.8) is 0 Å². The van der Waals surface area contributed by atoms with Crippen molar-refractivity contribution >= 4 is 15.9 Å². The Morgan fingerprint density at radius 1 is 1.12 bits per heavy atom. The van der Waals surface area contributed by atoms with Crippen LogP contribution in [0.2, 0.25) is 0 Å². The van der Waals surface area contributed by atoms with Gasteiger partial charge in [0.25, 0.3) is 5.91 Å². The lowest BCUT2D eigenvalue weighted by atomic mass is 10.1. The molecule has 174 valence electrons. The minimum Gasteiger partial charge on any atom is -0.468 e. The summed E-state index contributed by atoms with van der Waals surface area (Å²) in [6.07, 6.45) is 3.18. The van der Waals surface area contributed by atoms with Crippen LogP contribution >= 0.6 is 0 Å². The molecule has 3 aromatic rings. The normalized spacial score (nSPS) is 16.1. The van der Waals surface area contributed by atoms with Crippen LogP contribution in [0.5, 0.6) is 0 Å². The van der Waals surface area contributed by atoms with Crippen molar-refractivity contribution in [2.24, 2.45) is 0 Å². The van der Waals surface area contributed by atoms with Crippen LogP contribution in [-0.2, 0) is 27.8 Å². The van der Waals surface area contributed by atoms with Gasteiger partial charge in [0.15, 0.2) is 0 Å². The van der Waals surface area contributed by atoms with E-state index in [0.29, 0.717) is 30.0 Å². The van der Waals surface area contributed by atoms with Crippen LogP contribution in [0.3, 0.4) is 0 Å². The zero-order chi connectivity index (χ0) is 23.3. The second kappa shape index (κ2) is 10.3. The lowest BCUT2D eigenvalue weighted by Gasteiger charge is -2.26. The standard InChI is InChI=1S/C24H25FN2O5S/c25-20-5-1-4-18(14-20)16-27(17-22-7-3-13-32-22)24(28)19-8-10-23(11-9-19)33(29,30)26-15-21-6-2-12-31-21/h1-2,4-6,8-12,14,22,26H,3,7,13,15-17H2. The predicted octanol–water partition coefficient (Wildman–Crippen LogP) is 3.72. The summed E-state index contributed by atoms with van der Waals surface area (Å²) in [7, 11) is -3.77. The third kappa shape index (κ3) is 6.07. The topological polar surface area (TPSA) is 88.8 Å². The number of furan rings is 1. The van der Waals surface area contributed by atoms with E-state index in [1.165, 1.54) is 42.7 Å². The molecule has 1 aromatic heterocycles. The average molecular weight is 473 g/mol. The van der Waals surface area contributed by atoms with Crippen molar-refractivity contribution in [2.45, 2.75) is 36.9 Å². The first-order chi connectivity index (χ1) is 15.9. The third-order valence-electron chi connectivity index (χ3n) is 5.43. The lowest BCUT2D eigenvalue weighted by molar-refractivity contribution is 0.0507. The number of rotatable bonds is 9. The number of nitrogens with zero attached hydrogens (tertiary/aromatic N) is 1. The summed E-state index contributed by atoms with van der Waals surface area (Å²) in [6, 6.07) is 15.2. The number of benzene rings is 2. The number of hydrogen-bond donors (Lipinski definition) is 1. The van der Waals surface area contributed by atoms with Crippen molar-refractivity contribution in [2.75, 3.05) is 13.2 Å². The molecule has 2 heterocycles. The summed E-state index contributed by atoms with van der Waals surface area (Å²) in [5.41, 5.74) is 1.01. The van der Waals surface area contributed by atoms with Gasteiger partial charge in [0.2, 0.25) is 10.0 Å². The molecule has 0 radical (unpaired) electrons. The van der Waals surface area contributed by atoms with Crippen LogP contribution in [0.15, 0.2) is 76.2 Å². The van der Waals surface area contributed by atoms with E-state index in [1.54, 1.807) is 29.2 Å². The second-order valence-corrected chi connectivity index (χ2v) is 9.65. The molecule has 0 bridgehead atoms. The summed E-state index contributed by atoms with van der Waals surface area (Å²) < 4.78 is 52.0. The summed E-state index contributed by atoms with van der Waals surface area (Å²) in [6.45, 7) is 1.28. The fourth-order valence-electron chi connectivity index (χ4n) is 3.73. The molecule has 1 amide bonds. The Labute approximate surface area is 192 Å². The molecule has 4 rings (SSSR count). The molecule has 1 aliphatic heterocycles. The van der Waals surface area contributed by atoms with Gasteiger partial charge >= 0.3 is 0 Å².